The van der Waals surface area contributed by atoms with Crippen molar-refractivity contribution in [3.8, 4) is 10.7 Å². The number of thioether (sulfide) groups is 1. The van der Waals surface area contributed by atoms with Gasteiger partial charge in [0.1, 0.15) is 0 Å². The number of aromatic nitrogens is 3. The van der Waals surface area contributed by atoms with E-state index >= 15 is 0 Å². The number of aryl methyl sites for hydroxylation is 1. The zero-order valence-electron chi connectivity index (χ0n) is 13.3. The molecule has 2 heterocycles. The van der Waals surface area contributed by atoms with E-state index in [0.29, 0.717) is 5.75 Å². The molecule has 8 heteroatoms. The number of nitro groups is 1. The zero-order valence-corrected chi connectivity index (χ0v) is 14.9. The summed E-state index contributed by atoms with van der Waals surface area (Å²) in [5.74, 6) is 1.49. The predicted molar refractivity (Wildman–Crippen MR) is 96.4 cm³/mol. The highest BCUT2D eigenvalue weighted by atomic mass is 32.2. The van der Waals surface area contributed by atoms with E-state index in [-0.39, 0.29) is 10.6 Å². The number of hydrogen-bond acceptors (Lipinski definition) is 6. The first-order chi connectivity index (χ1) is 11.6. The van der Waals surface area contributed by atoms with Crippen LogP contribution in [0, 0.1) is 17.0 Å². The number of nitrogens with zero attached hydrogens (tertiary/aromatic N) is 4. The molecule has 0 spiro atoms. The maximum Gasteiger partial charge on any atom is 0.269 e. The Bertz CT molecular complexity index is 873. The molecule has 3 aromatic rings. The van der Waals surface area contributed by atoms with Crippen molar-refractivity contribution in [1.29, 1.82) is 0 Å². The lowest BCUT2D eigenvalue weighted by atomic mass is 10.2. The van der Waals surface area contributed by atoms with Gasteiger partial charge in [0.25, 0.3) is 5.69 Å². The van der Waals surface area contributed by atoms with Gasteiger partial charge >= 0.3 is 0 Å². The van der Waals surface area contributed by atoms with Crippen molar-refractivity contribution in [3.05, 3.63) is 57.0 Å². The Labute approximate surface area is 147 Å². The summed E-state index contributed by atoms with van der Waals surface area (Å²) in [5.41, 5.74) is 1.01. The van der Waals surface area contributed by atoms with Gasteiger partial charge in [0.2, 0.25) is 0 Å². The van der Waals surface area contributed by atoms with Crippen LogP contribution < -0.4 is 0 Å². The van der Waals surface area contributed by atoms with Crippen molar-refractivity contribution in [3.63, 3.8) is 0 Å². The van der Waals surface area contributed by atoms with Gasteiger partial charge in [0.15, 0.2) is 11.0 Å². The molecule has 2 aromatic heterocycles. The van der Waals surface area contributed by atoms with Crippen LogP contribution in [-0.4, -0.2) is 19.7 Å². The molecule has 6 nitrogen and oxygen atoms in total. The predicted octanol–water partition coefficient (Wildman–Crippen LogP) is 4.54. The second-order valence-corrected chi connectivity index (χ2v) is 7.41. The van der Waals surface area contributed by atoms with Gasteiger partial charge in [0.05, 0.1) is 9.80 Å². The van der Waals surface area contributed by atoms with Gasteiger partial charge in [-0.2, -0.15) is 0 Å². The molecule has 0 atom stereocenters. The van der Waals surface area contributed by atoms with E-state index in [2.05, 4.69) is 40.7 Å². The van der Waals surface area contributed by atoms with Crippen LogP contribution in [0.2, 0.25) is 0 Å². The molecule has 0 aliphatic heterocycles. The second-order valence-electron chi connectivity index (χ2n) is 5.18. The maximum absolute atomic E-state index is 10.9. The molecule has 0 saturated heterocycles. The Morgan fingerprint density at radius 1 is 1.29 bits per heavy atom. The van der Waals surface area contributed by atoms with Gasteiger partial charge in [-0.3, -0.25) is 10.1 Å². The van der Waals surface area contributed by atoms with Crippen LogP contribution in [0.3, 0.4) is 0 Å². The Balaban J connectivity index is 1.80. The summed E-state index contributed by atoms with van der Waals surface area (Å²) in [6, 6.07) is 10.8. The zero-order chi connectivity index (χ0) is 17.1. The quantitative estimate of drug-likeness (QED) is 0.367. The fraction of sp³-hybridized carbons (Fsp3) is 0.250. The minimum absolute atomic E-state index is 0.111. The largest absolute Gasteiger partial charge is 0.302 e. The smallest absolute Gasteiger partial charge is 0.269 e. The minimum atomic E-state index is -0.375. The highest BCUT2D eigenvalue weighted by Crippen LogP contribution is 2.30. The highest BCUT2D eigenvalue weighted by Gasteiger charge is 2.15. The lowest BCUT2D eigenvalue weighted by Crippen LogP contribution is -1.99. The van der Waals surface area contributed by atoms with E-state index in [1.165, 1.54) is 22.7 Å². The van der Waals surface area contributed by atoms with Crippen LogP contribution in [0.1, 0.15) is 17.4 Å². The average molecular weight is 360 g/mol. The van der Waals surface area contributed by atoms with Gasteiger partial charge < -0.3 is 4.57 Å². The molecule has 24 heavy (non-hydrogen) atoms. The molecular formula is C16H16N4O2S2. The third-order valence-electron chi connectivity index (χ3n) is 3.48. The Kier molecular flexibility index (Phi) is 4.96. The van der Waals surface area contributed by atoms with E-state index < -0.39 is 0 Å². The van der Waals surface area contributed by atoms with Crippen molar-refractivity contribution < 1.29 is 4.92 Å². The van der Waals surface area contributed by atoms with Crippen molar-refractivity contribution in [2.45, 2.75) is 31.3 Å². The standard InChI is InChI=1S/C16H16N4O2S2/c1-3-19-15(14-8-7-11(2)24-14)17-18-16(19)23-10-12-5-4-6-13(9-12)20(21)22/h4-9H,3,10H2,1-2H3. The van der Waals surface area contributed by atoms with Crippen LogP contribution in [0.5, 0.6) is 0 Å². The lowest BCUT2D eigenvalue weighted by Gasteiger charge is -2.06. The van der Waals surface area contributed by atoms with Crippen LogP contribution >= 0.6 is 23.1 Å². The number of rotatable bonds is 6. The summed E-state index contributed by atoms with van der Waals surface area (Å²) in [5, 5.41) is 20.3. The molecule has 3 rings (SSSR count). The fourth-order valence-corrected chi connectivity index (χ4v) is 4.13. The summed E-state index contributed by atoms with van der Waals surface area (Å²) in [7, 11) is 0. The Morgan fingerprint density at radius 2 is 2.12 bits per heavy atom. The number of nitro benzene ring substituents is 1. The summed E-state index contributed by atoms with van der Waals surface area (Å²) in [6.45, 7) is 4.90. The van der Waals surface area contributed by atoms with Crippen LogP contribution in [-0.2, 0) is 12.3 Å². The molecule has 0 radical (unpaired) electrons. The Hall–Kier alpha value is -2.19. The topological polar surface area (TPSA) is 73.8 Å². The molecule has 0 amide bonds. The van der Waals surface area contributed by atoms with E-state index in [4.69, 9.17) is 0 Å². The Morgan fingerprint density at radius 3 is 2.79 bits per heavy atom. The molecule has 0 saturated carbocycles. The van der Waals surface area contributed by atoms with Crippen LogP contribution in [0.4, 0.5) is 5.69 Å². The molecule has 0 aliphatic carbocycles. The first-order valence-electron chi connectivity index (χ1n) is 7.44. The first-order valence-corrected chi connectivity index (χ1v) is 9.25. The lowest BCUT2D eigenvalue weighted by molar-refractivity contribution is -0.384. The number of hydrogen-bond donors (Lipinski definition) is 0. The first kappa shape index (κ1) is 16.7. The maximum atomic E-state index is 10.9. The van der Waals surface area contributed by atoms with Gasteiger partial charge in [0, 0.05) is 29.3 Å². The summed E-state index contributed by atoms with van der Waals surface area (Å²) < 4.78 is 2.08. The molecule has 124 valence electrons. The van der Waals surface area contributed by atoms with E-state index in [1.54, 1.807) is 23.5 Å². The van der Waals surface area contributed by atoms with Crippen molar-refractivity contribution >= 4 is 28.8 Å². The van der Waals surface area contributed by atoms with E-state index in [0.717, 1.165) is 28.0 Å². The molecule has 1 aromatic carbocycles. The minimum Gasteiger partial charge on any atom is -0.302 e. The summed E-state index contributed by atoms with van der Waals surface area (Å²) in [4.78, 5) is 12.8. The molecular weight excluding hydrogens is 344 g/mol. The van der Waals surface area contributed by atoms with E-state index in [1.807, 2.05) is 6.07 Å². The monoisotopic (exact) mass is 360 g/mol. The van der Waals surface area contributed by atoms with Crippen LogP contribution in [0.25, 0.3) is 10.7 Å². The van der Waals surface area contributed by atoms with Crippen molar-refractivity contribution in [2.24, 2.45) is 0 Å². The third kappa shape index (κ3) is 3.49. The normalized spacial score (nSPS) is 10.9. The number of thiophene rings is 1. The average Bonchev–Trinajstić information content (AvgIpc) is 3.18. The van der Waals surface area contributed by atoms with Crippen LogP contribution in [0.15, 0.2) is 41.6 Å². The van der Waals surface area contributed by atoms with Crippen molar-refractivity contribution in [1.82, 2.24) is 14.8 Å². The summed E-state index contributed by atoms with van der Waals surface area (Å²) in [6.07, 6.45) is 0. The third-order valence-corrected chi connectivity index (χ3v) is 5.52. The van der Waals surface area contributed by atoms with Gasteiger partial charge in [-0.25, -0.2) is 0 Å². The fourth-order valence-electron chi connectivity index (χ4n) is 2.33. The number of non-ortho nitro benzene ring substituents is 1. The number of benzene rings is 1. The summed E-state index contributed by atoms with van der Waals surface area (Å²) >= 11 is 3.23. The van der Waals surface area contributed by atoms with Gasteiger partial charge in [-0.05, 0) is 31.5 Å². The highest BCUT2D eigenvalue weighted by molar-refractivity contribution is 7.98. The SMILES string of the molecule is CCn1c(SCc2cccc([N+](=O)[O-])c2)nnc1-c1ccc(C)s1. The molecule has 0 unspecified atom stereocenters. The van der Waals surface area contributed by atoms with Crippen molar-refractivity contribution in [2.75, 3.05) is 0 Å². The molecule has 0 bridgehead atoms. The molecule has 0 N–H and O–H groups in total. The van der Waals surface area contributed by atoms with Gasteiger partial charge in [-0.15, -0.1) is 21.5 Å². The molecule has 0 aliphatic rings. The second kappa shape index (κ2) is 7.14. The molecule has 0 fully saturated rings. The van der Waals surface area contributed by atoms with Gasteiger partial charge in [-0.1, -0.05) is 23.9 Å². The van der Waals surface area contributed by atoms with E-state index in [9.17, 15) is 10.1 Å².